The summed E-state index contributed by atoms with van der Waals surface area (Å²) in [4.78, 5) is 31.4. The van der Waals surface area contributed by atoms with E-state index in [-0.39, 0.29) is 30.3 Å². The Labute approximate surface area is 206 Å². The van der Waals surface area contributed by atoms with E-state index in [0.29, 0.717) is 24.6 Å². The second-order valence-electron chi connectivity index (χ2n) is 10.1. The molecule has 0 radical (unpaired) electrons. The molecule has 0 saturated carbocycles. The molecule has 7 heteroatoms. The second kappa shape index (κ2) is 10.5. The number of hydrogen-bond acceptors (Lipinski definition) is 4. The summed E-state index contributed by atoms with van der Waals surface area (Å²) in [5.41, 5.74) is 1.66. The monoisotopic (exact) mass is 490 g/mol. The van der Waals surface area contributed by atoms with Gasteiger partial charge in [0.15, 0.2) is 0 Å². The van der Waals surface area contributed by atoms with Gasteiger partial charge in [0.25, 0.3) is 0 Å². The highest BCUT2D eigenvalue weighted by atomic mass is 35.5. The highest BCUT2D eigenvalue weighted by Gasteiger charge is 2.36. The first kappa shape index (κ1) is 25.6. The summed E-state index contributed by atoms with van der Waals surface area (Å²) in [6, 6.07) is 7.49. The Balaban J connectivity index is 1.80. The fourth-order valence-corrected chi connectivity index (χ4v) is 5.19. The average Bonchev–Trinajstić information content (AvgIpc) is 3.20. The zero-order valence-corrected chi connectivity index (χ0v) is 22.1. The largest absolute Gasteiger partial charge is 0.491 e. The van der Waals surface area contributed by atoms with Crippen LogP contribution in [-0.4, -0.2) is 46.8 Å². The van der Waals surface area contributed by atoms with Crippen LogP contribution < -0.4 is 4.74 Å². The number of carbonyl (C=O) groups excluding carboxylic acids is 2. The van der Waals surface area contributed by atoms with E-state index in [9.17, 15) is 9.59 Å². The van der Waals surface area contributed by atoms with Gasteiger partial charge >= 0.3 is 0 Å². The fourth-order valence-electron chi connectivity index (χ4n) is 4.14. The SMILES string of the molecule is Cc1cc(OC[C@H]2c3ccsc3CCN2C(=O)CN(C(=O)CC(C)C)C(C)(C)C)ccc1Cl. The van der Waals surface area contributed by atoms with Gasteiger partial charge in [-0.1, -0.05) is 25.4 Å². The fraction of sp³-hybridized carbons (Fsp3) is 0.538. The number of rotatable bonds is 7. The molecule has 33 heavy (non-hydrogen) atoms. The normalized spacial score (nSPS) is 16.0. The molecule has 180 valence electrons. The molecule has 2 amide bonds. The lowest BCUT2D eigenvalue weighted by Gasteiger charge is -2.40. The Morgan fingerprint density at radius 1 is 1.27 bits per heavy atom. The lowest BCUT2D eigenvalue weighted by molar-refractivity contribution is -0.147. The Kier molecular flexibility index (Phi) is 8.12. The minimum Gasteiger partial charge on any atom is -0.491 e. The number of benzene rings is 1. The molecule has 1 aliphatic heterocycles. The maximum Gasteiger partial charge on any atom is 0.242 e. The van der Waals surface area contributed by atoms with E-state index in [2.05, 4.69) is 11.4 Å². The van der Waals surface area contributed by atoms with Gasteiger partial charge in [0.1, 0.15) is 18.9 Å². The summed E-state index contributed by atoms with van der Waals surface area (Å²) in [6.07, 6.45) is 1.26. The molecule has 0 unspecified atom stereocenters. The van der Waals surface area contributed by atoms with Gasteiger partial charge in [0.2, 0.25) is 11.8 Å². The Morgan fingerprint density at radius 3 is 2.64 bits per heavy atom. The van der Waals surface area contributed by atoms with Crippen LogP contribution >= 0.6 is 22.9 Å². The first-order valence-electron chi connectivity index (χ1n) is 11.5. The van der Waals surface area contributed by atoms with Crippen molar-refractivity contribution in [3.8, 4) is 5.75 Å². The van der Waals surface area contributed by atoms with Crippen LogP contribution in [0, 0.1) is 12.8 Å². The Morgan fingerprint density at radius 2 is 2.00 bits per heavy atom. The first-order valence-corrected chi connectivity index (χ1v) is 12.8. The molecule has 1 aromatic heterocycles. The number of carbonyl (C=O) groups is 2. The summed E-state index contributed by atoms with van der Waals surface area (Å²) in [7, 11) is 0. The molecule has 0 fully saturated rings. The standard InChI is InChI=1S/C26H35ClN2O3S/c1-17(2)13-24(30)29(26(4,5)6)15-25(31)28-11-9-23-20(10-12-33-23)22(28)16-32-19-7-8-21(27)18(3)14-19/h7-8,10,12,14,17,22H,9,11,13,15-16H2,1-6H3/t22-/m0/s1. The molecule has 2 aromatic rings. The van der Waals surface area contributed by atoms with E-state index in [1.54, 1.807) is 16.2 Å². The van der Waals surface area contributed by atoms with E-state index < -0.39 is 5.54 Å². The van der Waals surface area contributed by atoms with Crippen LogP contribution in [0.2, 0.25) is 5.02 Å². The van der Waals surface area contributed by atoms with Crippen LogP contribution in [-0.2, 0) is 16.0 Å². The maximum absolute atomic E-state index is 13.6. The van der Waals surface area contributed by atoms with Crippen molar-refractivity contribution in [2.75, 3.05) is 19.7 Å². The minimum atomic E-state index is -0.433. The highest BCUT2D eigenvalue weighted by Crippen LogP contribution is 2.34. The van der Waals surface area contributed by atoms with Crippen molar-refractivity contribution in [1.29, 1.82) is 0 Å². The molecule has 3 rings (SSSR count). The van der Waals surface area contributed by atoms with E-state index in [0.717, 1.165) is 23.3 Å². The third kappa shape index (κ3) is 6.30. The predicted octanol–water partition coefficient (Wildman–Crippen LogP) is 5.89. The number of ether oxygens (including phenoxy) is 1. The topological polar surface area (TPSA) is 49.9 Å². The zero-order chi connectivity index (χ0) is 24.3. The highest BCUT2D eigenvalue weighted by molar-refractivity contribution is 7.10. The average molecular weight is 491 g/mol. The third-order valence-electron chi connectivity index (χ3n) is 5.94. The van der Waals surface area contributed by atoms with Crippen LogP contribution in [0.1, 0.15) is 63.1 Å². The number of nitrogens with zero attached hydrogens (tertiary/aromatic N) is 2. The summed E-state index contributed by atoms with van der Waals surface area (Å²) in [5.74, 6) is 0.947. The number of aryl methyl sites for hydroxylation is 1. The quantitative estimate of drug-likeness (QED) is 0.486. The second-order valence-corrected chi connectivity index (χ2v) is 11.5. The van der Waals surface area contributed by atoms with Crippen LogP contribution in [0.25, 0.3) is 0 Å². The van der Waals surface area contributed by atoms with Gasteiger partial charge in [0, 0.05) is 28.4 Å². The molecule has 0 bridgehead atoms. The number of amides is 2. The summed E-state index contributed by atoms with van der Waals surface area (Å²) >= 11 is 7.87. The van der Waals surface area contributed by atoms with E-state index in [4.69, 9.17) is 16.3 Å². The van der Waals surface area contributed by atoms with Crippen LogP contribution in [0.4, 0.5) is 0 Å². The van der Waals surface area contributed by atoms with Gasteiger partial charge in [-0.2, -0.15) is 0 Å². The van der Waals surface area contributed by atoms with Crippen molar-refractivity contribution < 1.29 is 14.3 Å². The lowest BCUT2D eigenvalue weighted by Crippen LogP contribution is -2.53. The number of hydrogen-bond donors (Lipinski definition) is 0. The van der Waals surface area contributed by atoms with Crippen molar-refractivity contribution in [3.63, 3.8) is 0 Å². The molecular formula is C26H35ClN2O3S. The predicted molar refractivity (Wildman–Crippen MR) is 135 cm³/mol. The number of fused-ring (bicyclic) bond motifs is 1. The van der Waals surface area contributed by atoms with Crippen molar-refractivity contribution >= 4 is 34.8 Å². The zero-order valence-electron chi connectivity index (χ0n) is 20.5. The van der Waals surface area contributed by atoms with Crippen LogP contribution in [0.5, 0.6) is 5.75 Å². The molecule has 1 aliphatic rings. The smallest absolute Gasteiger partial charge is 0.242 e. The lowest BCUT2D eigenvalue weighted by atomic mass is 9.99. The van der Waals surface area contributed by atoms with Crippen molar-refractivity contribution in [2.24, 2.45) is 5.92 Å². The van der Waals surface area contributed by atoms with Crippen LogP contribution in [0.15, 0.2) is 29.6 Å². The maximum atomic E-state index is 13.6. The summed E-state index contributed by atoms with van der Waals surface area (Å²) in [5, 5.41) is 2.77. The molecule has 0 aliphatic carbocycles. The van der Waals surface area contributed by atoms with Crippen LogP contribution in [0.3, 0.4) is 0 Å². The first-order chi connectivity index (χ1) is 15.5. The Bertz CT molecular complexity index is 996. The molecule has 0 N–H and O–H groups in total. The molecule has 1 aromatic carbocycles. The van der Waals surface area contributed by atoms with Gasteiger partial charge < -0.3 is 14.5 Å². The molecule has 0 saturated heterocycles. The van der Waals surface area contributed by atoms with Gasteiger partial charge in [-0.05, 0) is 80.8 Å². The van der Waals surface area contributed by atoms with Gasteiger partial charge in [-0.25, -0.2) is 0 Å². The van der Waals surface area contributed by atoms with Crippen molar-refractivity contribution in [3.05, 3.63) is 50.7 Å². The molecule has 2 heterocycles. The van der Waals surface area contributed by atoms with Crippen molar-refractivity contribution in [1.82, 2.24) is 9.80 Å². The van der Waals surface area contributed by atoms with Crippen molar-refractivity contribution in [2.45, 2.75) is 66.0 Å². The molecule has 1 atom stereocenters. The van der Waals surface area contributed by atoms with E-state index in [1.807, 2.05) is 64.6 Å². The van der Waals surface area contributed by atoms with E-state index >= 15 is 0 Å². The molecular weight excluding hydrogens is 456 g/mol. The van der Waals surface area contributed by atoms with Gasteiger partial charge in [0.05, 0.1) is 6.04 Å². The summed E-state index contributed by atoms with van der Waals surface area (Å²) < 4.78 is 6.13. The van der Waals surface area contributed by atoms with Gasteiger partial charge in [-0.15, -0.1) is 11.3 Å². The number of thiophene rings is 1. The molecule has 5 nitrogen and oxygen atoms in total. The van der Waals surface area contributed by atoms with E-state index in [1.165, 1.54) is 4.88 Å². The summed E-state index contributed by atoms with van der Waals surface area (Å²) in [6.45, 7) is 13.0. The molecule has 0 spiro atoms. The minimum absolute atomic E-state index is 0.0171. The Hall–Kier alpha value is -2.05. The third-order valence-corrected chi connectivity index (χ3v) is 7.36. The van der Waals surface area contributed by atoms with Gasteiger partial charge in [-0.3, -0.25) is 9.59 Å². The number of halogens is 1.